The number of esters is 1. The number of nitrogens with two attached hydrogens (primary N) is 1. The summed E-state index contributed by atoms with van der Waals surface area (Å²) in [7, 11) is 2.94. The standard InChI is InChI=1S/C13H19N3O4/c1-19-8-7-16(6-4-12(17)20-2)10-3-5-15-11(9-10)13(14)18/h3,5,9H,4,6-8H2,1-2H3,(H2,14,18). The molecule has 0 bridgehead atoms. The van der Waals surface area contributed by atoms with Gasteiger partial charge in [-0.05, 0) is 12.1 Å². The van der Waals surface area contributed by atoms with E-state index >= 15 is 0 Å². The number of anilines is 1. The van der Waals surface area contributed by atoms with Gasteiger partial charge in [0, 0.05) is 32.1 Å². The Hall–Kier alpha value is -2.15. The third kappa shape index (κ3) is 4.85. The van der Waals surface area contributed by atoms with Crippen molar-refractivity contribution in [3.05, 3.63) is 24.0 Å². The second-order valence-corrected chi connectivity index (χ2v) is 4.07. The fraction of sp³-hybridized carbons (Fsp3) is 0.462. The van der Waals surface area contributed by atoms with E-state index in [1.165, 1.54) is 13.3 Å². The van der Waals surface area contributed by atoms with Crippen molar-refractivity contribution in [2.24, 2.45) is 5.73 Å². The van der Waals surface area contributed by atoms with Crippen molar-refractivity contribution < 1.29 is 19.1 Å². The molecule has 0 saturated heterocycles. The summed E-state index contributed by atoms with van der Waals surface area (Å²) in [6.07, 6.45) is 1.75. The molecule has 1 heterocycles. The van der Waals surface area contributed by atoms with Gasteiger partial charge < -0.3 is 20.1 Å². The lowest BCUT2D eigenvalue weighted by Gasteiger charge is -2.24. The largest absolute Gasteiger partial charge is 0.469 e. The predicted molar refractivity (Wildman–Crippen MR) is 73.5 cm³/mol. The summed E-state index contributed by atoms with van der Waals surface area (Å²) in [6.45, 7) is 1.53. The number of hydrogen-bond donors (Lipinski definition) is 1. The number of pyridine rings is 1. The van der Waals surface area contributed by atoms with Crippen molar-refractivity contribution in [1.82, 2.24) is 4.98 Å². The number of ether oxygens (including phenoxy) is 2. The fourth-order valence-corrected chi connectivity index (χ4v) is 1.65. The summed E-state index contributed by atoms with van der Waals surface area (Å²) in [6, 6.07) is 3.34. The average Bonchev–Trinajstić information content (AvgIpc) is 2.47. The molecule has 0 unspecified atom stereocenters. The number of primary amides is 1. The van der Waals surface area contributed by atoms with Crippen LogP contribution >= 0.6 is 0 Å². The highest BCUT2D eigenvalue weighted by molar-refractivity contribution is 5.91. The number of amides is 1. The number of methoxy groups -OCH3 is 2. The van der Waals surface area contributed by atoms with E-state index in [0.717, 1.165) is 5.69 Å². The number of nitrogens with zero attached hydrogens (tertiary/aromatic N) is 2. The van der Waals surface area contributed by atoms with E-state index in [2.05, 4.69) is 9.72 Å². The van der Waals surface area contributed by atoms with Gasteiger partial charge in [-0.3, -0.25) is 14.6 Å². The van der Waals surface area contributed by atoms with Gasteiger partial charge in [0.15, 0.2) is 0 Å². The highest BCUT2D eigenvalue weighted by Crippen LogP contribution is 2.15. The Labute approximate surface area is 117 Å². The molecule has 1 aromatic rings. The summed E-state index contributed by atoms with van der Waals surface area (Å²) >= 11 is 0. The van der Waals surface area contributed by atoms with Crippen LogP contribution in [0.15, 0.2) is 18.3 Å². The number of aromatic nitrogens is 1. The van der Waals surface area contributed by atoms with Crippen LogP contribution in [0.25, 0.3) is 0 Å². The highest BCUT2D eigenvalue weighted by Gasteiger charge is 2.12. The molecule has 110 valence electrons. The number of carbonyl (C=O) groups excluding carboxylic acids is 2. The molecule has 0 aliphatic rings. The van der Waals surface area contributed by atoms with E-state index in [1.54, 1.807) is 19.2 Å². The van der Waals surface area contributed by atoms with Crippen LogP contribution in [0, 0.1) is 0 Å². The van der Waals surface area contributed by atoms with E-state index in [-0.39, 0.29) is 18.1 Å². The first-order valence-electron chi connectivity index (χ1n) is 6.15. The molecule has 0 aliphatic heterocycles. The van der Waals surface area contributed by atoms with E-state index in [1.807, 2.05) is 4.90 Å². The van der Waals surface area contributed by atoms with Gasteiger partial charge in [0.25, 0.3) is 5.91 Å². The quantitative estimate of drug-likeness (QED) is 0.684. The number of carbonyl (C=O) groups is 2. The van der Waals surface area contributed by atoms with Crippen molar-refractivity contribution in [1.29, 1.82) is 0 Å². The number of hydrogen-bond acceptors (Lipinski definition) is 6. The Morgan fingerprint density at radius 3 is 2.70 bits per heavy atom. The van der Waals surface area contributed by atoms with Crippen LogP contribution in [0.1, 0.15) is 16.9 Å². The minimum absolute atomic E-state index is 0.183. The molecule has 0 fully saturated rings. The van der Waals surface area contributed by atoms with E-state index in [0.29, 0.717) is 19.7 Å². The highest BCUT2D eigenvalue weighted by atomic mass is 16.5. The van der Waals surface area contributed by atoms with Crippen LogP contribution in [0.5, 0.6) is 0 Å². The second kappa shape index (κ2) is 8.11. The minimum atomic E-state index is -0.591. The molecule has 1 rings (SSSR count). The SMILES string of the molecule is COCCN(CCC(=O)OC)c1ccnc(C(N)=O)c1. The van der Waals surface area contributed by atoms with Crippen molar-refractivity contribution in [3.8, 4) is 0 Å². The maximum absolute atomic E-state index is 11.2. The normalized spacial score (nSPS) is 10.1. The Balaban J connectivity index is 2.83. The maximum atomic E-state index is 11.2. The molecule has 0 spiro atoms. The van der Waals surface area contributed by atoms with Crippen molar-refractivity contribution in [3.63, 3.8) is 0 Å². The Morgan fingerprint density at radius 2 is 2.10 bits per heavy atom. The Kier molecular flexibility index (Phi) is 6.45. The van der Waals surface area contributed by atoms with Crippen LogP contribution in [-0.4, -0.2) is 50.8 Å². The topological polar surface area (TPSA) is 94.8 Å². The summed E-state index contributed by atoms with van der Waals surface area (Å²) in [4.78, 5) is 28.2. The van der Waals surface area contributed by atoms with Gasteiger partial charge in [0.1, 0.15) is 5.69 Å². The lowest BCUT2D eigenvalue weighted by molar-refractivity contribution is -0.140. The zero-order chi connectivity index (χ0) is 15.0. The molecule has 7 nitrogen and oxygen atoms in total. The van der Waals surface area contributed by atoms with Gasteiger partial charge in [-0.25, -0.2) is 0 Å². The molecule has 0 atom stereocenters. The van der Waals surface area contributed by atoms with Crippen LogP contribution in [-0.2, 0) is 14.3 Å². The first-order chi connectivity index (χ1) is 9.58. The summed E-state index contributed by atoms with van der Waals surface area (Å²) < 4.78 is 9.66. The first-order valence-corrected chi connectivity index (χ1v) is 6.15. The second-order valence-electron chi connectivity index (χ2n) is 4.07. The van der Waals surface area contributed by atoms with Crippen molar-refractivity contribution in [2.45, 2.75) is 6.42 Å². The molecule has 0 aliphatic carbocycles. The van der Waals surface area contributed by atoms with Gasteiger partial charge in [-0.1, -0.05) is 0 Å². The Morgan fingerprint density at radius 1 is 1.35 bits per heavy atom. The molecule has 0 aromatic carbocycles. The van der Waals surface area contributed by atoms with Crippen molar-refractivity contribution >= 4 is 17.6 Å². The zero-order valence-corrected chi connectivity index (χ0v) is 11.7. The molecule has 0 saturated carbocycles. The van der Waals surface area contributed by atoms with Crippen LogP contribution in [0.2, 0.25) is 0 Å². The summed E-state index contributed by atoms with van der Waals surface area (Å²) in [5.74, 6) is -0.886. The Bertz CT molecular complexity index is 465. The lowest BCUT2D eigenvalue weighted by Crippen LogP contribution is -2.30. The molecule has 0 radical (unpaired) electrons. The monoisotopic (exact) mass is 281 g/mol. The van der Waals surface area contributed by atoms with Gasteiger partial charge in [0.05, 0.1) is 20.1 Å². The van der Waals surface area contributed by atoms with Gasteiger partial charge in [-0.15, -0.1) is 0 Å². The molecule has 2 N–H and O–H groups in total. The zero-order valence-electron chi connectivity index (χ0n) is 11.7. The van der Waals surface area contributed by atoms with E-state index < -0.39 is 5.91 Å². The summed E-state index contributed by atoms with van der Waals surface area (Å²) in [5.41, 5.74) is 6.15. The number of rotatable bonds is 8. The smallest absolute Gasteiger partial charge is 0.307 e. The fourth-order valence-electron chi connectivity index (χ4n) is 1.65. The van der Waals surface area contributed by atoms with Crippen LogP contribution in [0.4, 0.5) is 5.69 Å². The van der Waals surface area contributed by atoms with E-state index in [9.17, 15) is 9.59 Å². The maximum Gasteiger partial charge on any atom is 0.307 e. The van der Waals surface area contributed by atoms with Gasteiger partial charge in [-0.2, -0.15) is 0 Å². The first kappa shape index (κ1) is 15.9. The van der Waals surface area contributed by atoms with Gasteiger partial charge in [0.2, 0.25) is 0 Å². The molecular weight excluding hydrogens is 262 g/mol. The minimum Gasteiger partial charge on any atom is -0.469 e. The van der Waals surface area contributed by atoms with Gasteiger partial charge >= 0.3 is 5.97 Å². The lowest BCUT2D eigenvalue weighted by atomic mass is 10.2. The molecule has 7 heteroatoms. The van der Waals surface area contributed by atoms with Crippen LogP contribution < -0.4 is 10.6 Å². The summed E-state index contributed by atoms with van der Waals surface area (Å²) in [5, 5.41) is 0. The molecular formula is C13H19N3O4. The van der Waals surface area contributed by atoms with Crippen LogP contribution in [0.3, 0.4) is 0 Å². The molecule has 20 heavy (non-hydrogen) atoms. The van der Waals surface area contributed by atoms with Crippen molar-refractivity contribution in [2.75, 3.05) is 38.8 Å². The molecule has 1 amide bonds. The van der Waals surface area contributed by atoms with E-state index in [4.69, 9.17) is 10.5 Å². The third-order valence-corrected chi connectivity index (χ3v) is 2.74. The molecule has 1 aromatic heterocycles. The average molecular weight is 281 g/mol. The predicted octanol–water partition coefficient (Wildman–Crippen LogP) is 0.196. The third-order valence-electron chi connectivity index (χ3n) is 2.74.